The quantitative estimate of drug-likeness (QED) is 0.714. The number of carbonyl (C=O) groups excluding carboxylic acids is 1. The van der Waals surface area contributed by atoms with Crippen molar-refractivity contribution in [3.8, 4) is 0 Å². The SMILES string of the molecule is CCNC(=O)[C@@H]1C[C@@H](N)CC12OC(C)(C)O2. The summed E-state index contributed by atoms with van der Waals surface area (Å²) in [6.45, 7) is 6.20. The zero-order chi connectivity index (χ0) is 12.0. The van der Waals surface area contributed by atoms with Gasteiger partial charge in [0.25, 0.3) is 0 Å². The van der Waals surface area contributed by atoms with Crippen LogP contribution in [0.1, 0.15) is 33.6 Å². The maximum absolute atomic E-state index is 11.9. The van der Waals surface area contributed by atoms with Crippen LogP contribution in [0.2, 0.25) is 0 Å². The summed E-state index contributed by atoms with van der Waals surface area (Å²) in [4.78, 5) is 11.9. The Morgan fingerprint density at radius 2 is 2.12 bits per heavy atom. The van der Waals surface area contributed by atoms with Crippen LogP contribution in [-0.2, 0) is 14.3 Å². The lowest BCUT2D eigenvalue weighted by atomic mass is 9.98. The normalized spacial score (nSPS) is 34.8. The summed E-state index contributed by atoms with van der Waals surface area (Å²) in [5.74, 6) is -1.67. The molecular weight excluding hydrogens is 208 g/mol. The van der Waals surface area contributed by atoms with Crippen LogP contribution < -0.4 is 11.1 Å². The van der Waals surface area contributed by atoms with E-state index in [1.54, 1.807) is 0 Å². The Hall–Kier alpha value is -0.650. The van der Waals surface area contributed by atoms with Crippen molar-refractivity contribution in [2.24, 2.45) is 11.7 Å². The molecule has 1 spiro atoms. The van der Waals surface area contributed by atoms with Gasteiger partial charge in [0.1, 0.15) is 0 Å². The fourth-order valence-corrected chi connectivity index (χ4v) is 2.74. The highest BCUT2D eigenvalue weighted by atomic mass is 16.9. The van der Waals surface area contributed by atoms with Gasteiger partial charge < -0.3 is 20.5 Å². The summed E-state index contributed by atoms with van der Waals surface area (Å²) in [6.07, 6.45) is 1.22. The second kappa shape index (κ2) is 3.68. The lowest BCUT2D eigenvalue weighted by Gasteiger charge is -2.53. The fourth-order valence-electron chi connectivity index (χ4n) is 2.74. The van der Waals surface area contributed by atoms with Crippen molar-refractivity contribution in [1.29, 1.82) is 0 Å². The van der Waals surface area contributed by atoms with Crippen LogP contribution in [0.15, 0.2) is 0 Å². The first-order valence-electron chi connectivity index (χ1n) is 5.82. The number of carbonyl (C=O) groups is 1. The van der Waals surface area contributed by atoms with E-state index in [0.29, 0.717) is 19.4 Å². The number of nitrogens with two attached hydrogens (primary N) is 1. The highest BCUT2D eigenvalue weighted by Crippen LogP contribution is 2.51. The van der Waals surface area contributed by atoms with E-state index < -0.39 is 11.6 Å². The van der Waals surface area contributed by atoms with Gasteiger partial charge in [0, 0.05) is 19.0 Å². The molecule has 1 amide bonds. The van der Waals surface area contributed by atoms with Crippen LogP contribution in [0.3, 0.4) is 0 Å². The van der Waals surface area contributed by atoms with Gasteiger partial charge in [0.2, 0.25) is 5.91 Å². The molecule has 2 rings (SSSR count). The maximum atomic E-state index is 11.9. The van der Waals surface area contributed by atoms with Crippen molar-refractivity contribution < 1.29 is 14.3 Å². The van der Waals surface area contributed by atoms with Gasteiger partial charge in [-0.25, -0.2) is 0 Å². The Kier molecular flexibility index (Phi) is 2.72. The number of hydrogen-bond donors (Lipinski definition) is 2. The van der Waals surface area contributed by atoms with Crippen LogP contribution in [0, 0.1) is 5.92 Å². The van der Waals surface area contributed by atoms with Crippen LogP contribution >= 0.6 is 0 Å². The molecule has 0 unspecified atom stereocenters. The summed E-state index contributed by atoms with van der Waals surface area (Å²) in [6, 6.07) is -0.0243. The molecule has 2 fully saturated rings. The third-order valence-corrected chi connectivity index (χ3v) is 3.12. The van der Waals surface area contributed by atoms with Crippen LogP contribution in [-0.4, -0.2) is 30.1 Å². The predicted molar refractivity (Wildman–Crippen MR) is 58.4 cm³/mol. The molecule has 1 aliphatic heterocycles. The minimum absolute atomic E-state index is 0.0223. The van der Waals surface area contributed by atoms with Crippen LogP contribution in [0.25, 0.3) is 0 Å². The Bertz CT molecular complexity index is 296. The van der Waals surface area contributed by atoms with Gasteiger partial charge in [-0.05, 0) is 27.2 Å². The Morgan fingerprint density at radius 3 is 2.62 bits per heavy atom. The lowest BCUT2D eigenvalue weighted by Crippen LogP contribution is -2.64. The highest BCUT2D eigenvalue weighted by molar-refractivity contribution is 5.80. The van der Waals surface area contributed by atoms with E-state index in [-0.39, 0.29) is 17.9 Å². The molecule has 1 aliphatic carbocycles. The van der Waals surface area contributed by atoms with E-state index >= 15 is 0 Å². The molecular formula is C11H20N2O3. The molecule has 1 heterocycles. The van der Waals surface area contributed by atoms with E-state index in [9.17, 15) is 4.79 Å². The molecule has 0 aromatic rings. The summed E-state index contributed by atoms with van der Waals surface area (Å²) >= 11 is 0. The summed E-state index contributed by atoms with van der Waals surface area (Å²) in [7, 11) is 0. The third-order valence-electron chi connectivity index (χ3n) is 3.12. The molecule has 5 nitrogen and oxygen atoms in total. The second-order valence-corrected chi connectivity index (χ2v) is 5.06. The molecule has 92 valence electrons. The van der Waals surface area contributed by atoms with Gasteiger partial charge in [-0.1, -0.05) is 0 Å². The maximum Gasteiger partial charge on any atom is 0.228 e. The molecule has 2 aliphatic rings. The number of rotatable bonds is 2. The first-order chi connectivity index (χ1) is 7.38. The number of nitrogens with one attached hydrogen (secondary N) is 1. The van der Waals surface area contributed by atoms with Gasteiger partial charge >= 0.3 is 0 Å². The molecule has 0 aromatic heterocycles. The first kappa shape index (κ1) is 11.8. The van der Waals surface area contributed by atoms with E-state index in [4.69, 9.17) is 15.2 Å². The molecule has 0 bridgehead atoms. The zero-order valence-electron chi connectivity index (χ0n) is 10.1. The van der Waals surface area contributed by atoms with Gasteiger partial charge in [0.15, 0.2) is 11.6 Å². The van der Waals surface area contributed by atoms with E-state index in [1.165, 1.54) is 0 Å². The zero-order valence-corrected chi connectivity index (χ0v) is 10.1. The molecule has 3 N–H and O–H groups in total. The van der Waals surface area contributed by atoms with Crippen molar-refractivity contribution in [3.05, 3.63) is 0 Å². The molecule has 2 atom stereocenters. The molecule has 5 heteroatoms. The molecule has 0 aromatic carbocycles. The Labute approximate surface area is 95.7 Å². The number of ether oxygens (including phenoxy) is 2. The Balaban J connectivity index is 2.09. The summed E-state index contributed by atoms with van der Waals surface area (Å²) < 4.78 is 11.5. The van der Waals surface area contributed by atoms with Gasteiger partial charge in [-0.3, -0.25) is 4.79 Å². The van der Waals surface area contributed by atoms with Crippen molar-refractivity contribution in [2.45, 2.75) is 51.2 Å². The molecule has 1 saturated carbocycles. The van der Waals surface area contributed by atoms with Crippen molar-refractivity contribution in [2.75, 3.05) is 6.54 Å². The Morgan fingerprint density at radius 1 is 1.50 bits per heavy atom. The summed E-state index contributed by atoms with van der Waals surface area (Å²) in [5, 5.41) is 2.80. The minimum Gasteiger partial charge on any atom is -0.356 e. The highest BCUT2D eigenvalue weighted by Gasteiger charge is 2.62. The van der Waals surface area contributed by atoms with Crippen molar-refractivity contribution >= 4 is 5.91 Å². The largest absolute Gasteiger partial charge is 0.356 e. The fraction of sp³-hybridized carbons (Fsp3) is 0.909. The molecule has 1 saturated heterocycles. The molecule has 16 heavy (non-hydrogen) atoms. The first-order valence-corrected chi connectivity index (χ1v) is 5.82. The van der Waals surface area contributed by atoms with E-state index in [1.807, 2.05) is 20.8 Å². The lowest BCUT2D eigenvalue weighted by molar-refractivity contribution is -0.503. The minimum atomic E-state index is -0.776. The molecule has 0 radical (unpaired) electrons. The standard InChI is InChI=1S/C11H20N2O3/c1-4-13-9(14)8-5-7(12)6-11(8)15-10(2,3)16-11/h7-8H,4-6,12H2,1-3H3,(H,13,14)/t7-,8+/m1/s1. The monoisotopic (exact) mass is 228 g/mol. The van der Waals surface area contributed by atoms with Crippen LogP contribution in [0.5, 0.6) is 0 Å². The average Bonchev–Trinajstić information content (AvgIpc) is 2.41. The van der Waals surface area contributed by atoms with Crippen molar-refractivity contribution in [3.63, 3.8) is 0 Å². The average molecular weight is 228 g/mol. The smallest absolute Gasteiger partial charge is 0.228 e. The van der Waals surface area contributed by atoms with Crippen LogP contribution in [0.4, 0.5) is 0 Å². The number of amides is 1. The topological polar surface area (TPSA) is 73.6 Å². The van der Waals surface area contributed by atoms with E-state index in [0.717, 1.165) is 0 Å². The third kappa shape index (κ3) is 1.83. The van der Waals surface area contributed by atoms with Crippen molar-refractivity contribution in [1.82, 2.24) is 5.32 Å². The predicted octanol–water partition coefficient (Wildman–Crippen LogP) is 0.339. The van der Waals surface area contributed by atoms with Gasteiger partial charge in [0.05, 0.1) is 5.92 Å². The van der Waals surface area contributed by atoms with E-state index in [2.05, 4.69) is 5.32 Å². The van der Waals surface area contributed by atoms with Gasteiger partial charge in [-0.2, -0.15) is 0 Å². The second-order valence-electron chi connectivity index (χ2n) is 5.06. The number of hydrogen-bond acceptors (Lipinski definition) is 4. The van der Waals surface area contributed by atoms with Gasteiger partial charge in [-0.15, -0.1) is 0 Å². The summed E-state index contributed by atoms with van der Waals surface area (Å²) in [5.41, 5.74) is 5.89.